The van der Waals surface area contributed by atoms with E-state index in [9.17, 15) is 34.8 Å². The van der Waals surface area contributed by atoms with Gasteiger partial charge in [-0.05, 0) is 31.0 Å². The summed E-state index contributed by atoms with van der Waals surface area (Å²) in [5.74, 6) is -1.61. The number of halogens is 6. The minimum absolute atomic E-state index is 0.403. The Kier molecular flexibility index (Phi) is 4.79. The molecule has 1 saturated heterocycles. The van der Waals surface area contributed by atoms with Crippen molar-refractivity contribution in [1.82, 2.24) is 4.31 Å². The molecule has 4 nitrogen and oxygen atoms in total. The van der Waals surface area contributed by atoms with E-state index in [0.717, 1.165) is 16.4 Å². The third-order valence-corrected chi connectivity index (χ3v) is 5.78. The first-order valence-electron chi connectivity index (χ1n) is 6.87. The number of sulfonamides is 1. The Morgan fingerprint density at radius 2 is 1.58 bits per heavy atom. The number of rotatable bonds is 2. The standard InChI is InChI=1S/C13H14F6N2O2S/c14-12(15,16)8-3-5-21(6-4-8)24(22,23)9-1-2-11(20)10(7-9)13(17,18)19/h1-2,7-8H,3-6,20H2. The molecule has 0 atom stereocenters. The molecule has 0 radical (unpaired) electrons. The highest BCUT2D eigenvalue weighted by Gasteiger charge is 2.43. The summed E-state index contributed by atoms with van der Waals surface area (Å²) in [6.07, 6.45) is -10.1. The maximum absolute atomic E-state index is 12.8. The summed E-state index contributed by atoms with van der Waals surface area (Å²) in [7, 11) is -4.32. The summed E-state index contributed by atoms with van der Waals surface area (Å²) in [6, 6.07) is 2.13. The Bertz CT molecular complexity index is 706. The first-order chi connectivity index (χ1) is 10.8. The third kappa shape index (κ3) is 3.77. The largest absolute Gasteiger partial charge is 0.418 e. The van der Waals surface area contributed by atoms with Crippen LogP contribution in [0.5, 0.6) is 0 Å². The van der Waals surface area contributed by atoms with E-state index in [-0.39, 0.29) is 0 Å². The Labute approximate surface area is 134 Å². The average Bonchev–Trinajstić information content (AvgIpc) is 2.45. The van der Waals surface area contributed by atoms with Crippen LogP contribution in [-0.4, -0.2) is 32.0 Å². The van der Waals surface area contributed by atoms with Gasteiger partial charge >= 0.3 is 12.4 Å². The number of hydrogen-bond acceptors (Lipinski definition) is 3. The topological polar surface area (TPSA) is 63.4 Å². The minimum atomic E-state index is -4.83. The number of nitrogens with zero attached hydrogens (tertiary/aromatic N) is 1. The van der Waals surface area contributed by atoms with Crippen LogP contribution in [0.25, 0.3) is 0 Å². The minimum Gasteiger partial charge on any atom is -0.398 e. The average molecular weight is 376 g/mol. The first kappa shape index (κ1) is 18.8. The lowest BCUT2D eigenvalue weighted by atomic mass is 9.98. The van der Waals surface area contributed by atoms with Gasteiger partial charge in [0.2, 0.25) is 10.0 Å². The fourth-order valence-electron chi connectivity index (χ4n) is 2.51. The monoisotopic (exact) mass is 376 g/mol. The number of hydrogen-bond donors (Lipinski definition) is 1. The van der Waals surface area contributed by atoms with Crippen LogP contribution in [0.2, 0.25) is 0 Å². The summed E-state index contributed by atoms with van der Waals surface area (Å²) < 4.78 is 102. The lowest BCUT2D eigenvalue weighted by Gasteiger charge is -2.32. The highest BCUT2D eigenvalue weighted by Crippen LogP contribution is 2.37. The van der Waals surface area contributed by atoms with Crippen LogP contribution in [0.4, 0.5) is 32.0 Å². The van der Waals surface area contributed by atoms with Gasteiger partial charge in [0.15, 0.2) is 0 Å². The van der Waals surface area contributed by atoms with Crippen molar-refractivity contribution < 1.29 is 34.8 Å². The molecule has 2 rings (SSSR count). The van der Waals surface area contributed by atoms with Crippen molar-refractivity contribution in [2.45, 2.75) is 30.1 Å². The van der Waals surface area contributed by atoms with Gasteiger partial charge in [0.25, 0.3) is 0 Å². The van der Waals surface area contributed by atoms with Gasteiger partial charge in [-0.1, -0.05) is 0 Å². The number of nitrogens with two attached hydrogens (primary N) is 1. The zero-order valence-electron chi connectivity index (χ0n) is 12.2. The van der Waals surface area contributed by atoms with E-state index in [2.05, 4.69) is 0 Å². The van der Waals surface area contributed by atoms with E-state index < -0.39 is 70.4 Å². The van der Waals surface area contributed by atoms with Crippen LogP contribution in [0.15, 0.2) is 23.1 Å². The first-order valence-corrected chi connectivity index (χ1v) is 8.31. The Hall–Kier alpha value is -1.49. The molecule has 0 unspecified atom stereocenters. The third-order valence-electron chi connectivity index (χ3n) is 3.88. The fraction of sp³-hybridized carbons (Fsp3) is 0.538. The van der Waals surface area contributed by atoms with E-state index in [1.807, 2.05) is 0 Å². The van der Waals surface area contributed by atoms with E-state index in [0.29, 0.717) is 6.07 Å². The van der Waals surface area contributed by atoms with Crippen LogP contribution >= 0.6 is 0 Å². The fourth-order valence-corrected chi connectivity index (χ4v) is 4.01. The predicted octanol–water partition coefficient (Wildman–Crippen LogP) is 3.25. The number of nitrogen functional groups attached to an aromatic ring is 1. The SMILES string of the molecule is Nc1ccc(S(=O)(=O)N2CCC(C(F)(F)F)CC2)cc1C(F)(F)F. The summed E-state index contributed by atoms with van der Waals surface area (Å²) >= 11 is 0. The maximum atomic E-state index is 12.8. The Balaban J connectivity index is 2.26. The zero-order valence-corrected chi connectivity index (χ0v) is 13.0. The second kappa shape index (κ2) is 6.10. The van der Waals surface area contributed by atoms with Gasteiger partial charge in [0, 0.05) is 18.8 Å². The molecule has 1 aliphatic rings. The smallest absolute Gasteiger partial charge is 0.398 e. The van der Waals surface area contributed by atoms with Crippen LogP contribution in [0.1, 0.15) is 18.4 Å². The summed E-state index contributed by atoms with van der Waals surface area (Å²) in [4.78, 5) is -0.644. The van der Waals surface area contributed by atoms with Gasteiger partial charge in [-0.2, -0.15) is 30.6 Å². The van der Waals surface area contributed by atoms with Crippen molar-refractivity contribution >= 4 is 15.7 Å². The molecule has 0 spiro atoms. The van der Waals surface area contributed by atoms with Crippen LogP contribution in [0, 0.1) is 5.92 Å². The predicted molar refractivity (Wildman–Crippen MR) is 73.4 cm³/mol. The second-order valence-corrected chi connectivity index (χ2v) is 7.40. The van der Waals surface area contributed by atoms with Gasteiger partial charge in [-0.3, -0.25) is 0 Å². The number of alkyl halides is 6. The number of benzene rings is 1. The molecule has 0 amide bonds. The Morgan fingerprint density at radius 1 is 1.04 bits per heavy atom. The molecular weight excluding hydrogens is 362 g/mol. The highest BCUT2D eigenvalue weighted by atomic mass is 32.2. The highest BCUT2D eigenvalue weighted by molar-refractivity contribution is 7.89. The molecule has 0 aromatic heterocycles. The van der Waals surface area contributed by atoms with E-state index in [1.165, 1.54) is 0 Å². The van der Waals surface area contributed by atoms with E-state index in [1.54, 1.807) is 0 Å². The van der Waals surface area contributed by atoms with Crippen molar-refractivity contribution in [1.29, 1.82) is 0 Å². The van der Waals surface area contributed by atoms with E-state index >= 15 is 0 Å². The maximum Gasteiger partial charge on any atom is 0.418 e. The molecule has 1 heterocycles. The van der Waals surface area contributed by atoms with Crippen molar-refractivity contribution in [3.63, 3.8) is 0 Å². The van der Waals surface area contributed by atoms with Gasteiger partial charge in [-0.25, -0.2) is 8.42 Å². The van der Waals surface area contributed by atoms with Gasteiger partial charge in [-0.15, -0.1) is 0 Å². The lowest BCUT2D eigenvalue weighted by Crippen LogP contribution is -2.42. The van der Waals surface area contributed by atoms with Crippen molar-refractivity contribution in [3.05, 3.63) is 23.8 Å². The number of anilines is 1. The van der Waals surface area contributed by atoms with Gasteiger partial charge < -0.3 is 5.73 Å². The molecule has 1 fully saturated rings. The second-order valence-electron chi connectivity index (χ2n) is 5.47. The molecule has 1 aliphatic heterocycles. The van der Waals surface area contributed by atoms with Crippen LogP contribution < -0.4 is 5.73 Å². The van der Waals surface area contributed by atoms with Crippen LogP contribution in [0.3, 0.4) is 0 Å². The molecule has 0 saturated carbocycles. The van der Waals surface area contributed by atoms with E-state index in [4.69, 9.17) is 5.73 Å². The summed E-state index contributed by atoms with van der Waals surface area (Å²) in [5, 5.41) is 0. The van der Waals surface area contributed by atoms with Crippen LogP contribution in [-0.2, 0) is 16.2 Å². The molecule has 1 aromatic rings. The van der Waals surface area contributed by atoms with Gasteiger partial charge in [0.05, 0.1) is 16.4 Å². The number of piperidine rings is 1. The summed E-state index contributed by atoms with van der Waals surface area (Å²) in [6.45, 7) is -0.809. The van der Waals surface area contributed by atoms with Crippen molar-refractivity contribution in [2.24, 2.45) is 5.92 Å². The lowest BCUT2D eigenvalue weighted by molar-refractivity contribution is -0.182. The summed E-state index contributed by atoms with van der Waals surface area (Å²) in [5.41, 5.74) is 3.28. The van der Waals surface area contributed by atoms with Crippen molar-refractivity contribution in [3.8, 4) is 0 Å². The molecule has 24 heavy (non-hydrogen) atoms. The van der Waals surface area contributed by atoms with Gasteiger partial charge in [0.1, 0.15) is 0 Å². The zero-order chi connectivity index (χ0) is 18.3. The molecule has 1 aromatic carbocycles. The molecular formula is C13H14F6N2O2S. The molecule has 0 bridgehead atoms. The normalized spacial score (nSPS) is 18.8. The molecule has 136 valence electrons. The molecule has 2 N–H and O–H groups in total. The van der Waals surface area contributed by atoms with Crippen molar-refractivity contribution in [2.75, 3.05) is 18.8 Å². The molecule has 0 aliphatic carbocycles. The quantitative estimate of drug-likeness (QED) is 0.637. The molecule has 11 heteroatoms. The Morgan fingerprint density at radius 3 is 2.04 bits per heavy atom.